The van der Waals surface area contributed by atoms with E-state index in [1.807, 2.05) is 4.90 Å². The van der Waals surface area contributed by atoms with E-state index < -0.39 is 11.7 Å². The van der Waals surface area contributed by atoms with Crippen LogP contribution in [0.4, 0.5) is 13.2 Å². The Morgan fingerprint density at radius 2 is 1.59 bits per heavy atom. The lowest BCUT2D eigenvalue weighted by Gasteiger charge is -2.60. The van der Waals surface area contributed by atoms with Gasteiger partial charge in [0.1, 0.15) is 0 Å². The highest BCUT2D eigenvalue weighted by atomic mass is 19.4. The van der Waals surface area contributed by atoms with Gasteiger partial charge in [-0.3, -0.25) is 9.69 Å². The fourth-order valence-electron chi connectivity index (χ4n) is 4.44. The third-order valence-corrected chi connectivity index (χ3v) is 5.58. The molecule has 0 N–H and O–H groups in total. The van der Waals surface area contributed by atoms with E-state index in [0.29, 0.717) is 17.6 Å². The second kappa shape index (κ2) is 4.47. The number of benzene rings is 1. The maximum atomic E-state index is 12.7. The summed E-state index contributed by atoms with van der Waals surface area (Å²) >= 11 is 0. The van der Waals surface area contributed by atoms with Gasteiger partial charge in [-0.1, -0.05) is 0 Å². The van der Waals surface area contributed by atoms with E-state index in [4.69, 9.17) is 0 Å². The first kappa shape index (κ1) is 14.1. The van der Waals surface area contributed by atoms with Crippen LogP contribution in [0, 0.1) is 0 Å². The molecule has 4 heterocycles. The van der Waals surface area contributed by atoms with Crippen molar-refractivity contribution in [3.8, 4) is 0 Å². The zero-order valence-corrected chi connectivity index (χ0v) is 12.2. The van der Waals surface area contributed by atoms with Gasteiger partial charge < -0.3 is 4.90 Å². The number of carbonyl (C=O) groups excluding carboxylic acids is 1. The largest absolute Gasteiger partial charge is 0.416 e. The number of piperazine rings is 1. The van der Waals surface area contributed by atoms with Crippen molar-refractivity contribution in [1.29, 1.82) is 0 Å². The van der Waals surface area contributed by atoms with Gasteiger partial charge >= 0.3 is 6.18 Å². The second-order valence-corrected chi connectivity index (χ2v) is 6.54. The summed E-state index contributed by atoms with van der Waals surface area (Å²) < 4.78 is 37.8. The average Bonchev–Trinajstić information content (AvgIpc) is 2.65. The first-order chi connectivity index (χ1) is 10.4. The van der Waals surface area contributed by atoms with Crippen LogP contribution in [0.15, 0.2) is 24.3 Å². The van der Waals surface area contributed by atoms with Crippen molar-refractivity contribution in [3.63, 3.8) is 0 Å². The van der Waals surface area contributed by atoms with Crippen LogP contribution in [0.5, 0.6) is 0 Å². The summed E-state index contributed by atoms with van der Waals surface area (Å²) in [7, 11) is 2.11. The van der Waals surface area contributed by atoms with Crippen LogP contribution in [0.25, 0.3) is 0 Å². The topological polar surface area (TPSA) is 23.6 Å². The van der Waals surface area contributed by atoms with Crippen molar-refractivity contribution in [2.75, 3.05) is 7.05 Å². The van der Waals surface area contributed by atoms with Gasteiger partial charge in [-0.05, 0) is 50.6 Å². The summed E-state index contributed by atoms with van der Waals surface area (Å²) in [6.07, 6.45) is -1.11. The van der Waals surface area contributed by atoms with Crippen molar-refractivity contribution in [2.24, 2.45) is 0 Å². The van der Waals surface area contributed by atoms with Gasteiger partial charge in [-0.15, -0.1) is 0 Å². The van der Waals surface area contributed by atoms with E-state index in [1.165, 1.54) is 12.1 Å². The van der Waals surface area contributed by atoms with Crippen LogP contribution in [0.3, 0.4) is 0 Å². The highest BCUT2D eigenvalue weighted by Crippen LogP contribution is 2.47. The number of hydrogen-bond acceptors (Lipinski definition) is 2. The zero-order chi connectivity index (χ0) is 15.6. The molecule has 0 aromatic heterocycles. The van der Waals surface area contributed by atoms with Gasteiger partial charge in [0.25, 0.3) is 5.91 Å². The van der Waals surface area contributed by atoms with Gasteiger partial charge in [-0.2, -0.15) is 13.2 Å². The Kier molecular flexibility index (Phi) is 2.86. The molecule has 4 saturated heterocycles. The molecule has 0 spiro atoms. The number of alkyl halides is 3. The van der Waals surface area contributed by atoms with Crippen LogP contribution in [0.2, 0.25) is 0 Å². The highest BCUT2D eigenvalue weighted by Gasteiger charge is 2.59. The Balaban J connectivity index is 1.56. The number of nitrogens with zero attached hydrogens (tertiary/aromatic N) is 2. The van der Waals surface area contributed by atoms with Crippen molar-refractivity contribution >= 4 is 5.91 Å². The van der Waals surface area contributed by atoms with E-state index >= 15 is 0 Å². The van der Waals surface area contributed by atoms with Crippen LogP contribution in [-0.4, -0.2) is 46.9 Å². The van der Waals surface area contributed by atoms with E-state index in [1.54, 1.807) is 0 Å². The molecule has 4 aliphatic heterocycles. The Bertz CT molecular complexity index is 595. The molecule has 4 unspecified atom stereocenters. The minimum Gasteiger partial charge on any atom is -0.329 e. The van der Waals surface area contributed by atoms with E-state index in [2.05, 4.69) is 11.9 Å². The number of piperidine rings is 1. The standard InChI is InChI=1S/C16H17F3N2O/c1-20-11-6-7-12(20)14-8-13(11)21(14)15(22)9-2-4-10(5-3-9)16(17,18)19/h2-5,11-14H,6-8H2,1H3. The molecule has 0 aliphatic carbocycles. The molecule has 5 rings (SSSR count). The maximum Gasteiger partial charge on any atom is 0.416 e. The molecule has 22 heavy (non-hydrogen) atoms. The van der Waals surface area contributed by atoms with E-state index in [-0.39, 0.29) is 18.0 Å². The molecule has 1 aromatic rings. The number of amides is 1. The summed E-state index contributed by atoms with van der Waals surface area (Å²) in [5, 5.41) is 0. The molecule has 4 aliphatic rings. The molecule has 0 saturated carbocycles. The van der Waals surface area contributed by atoms with Crippen LogP contribution < -0.4 is 0 Å². The zero-order valence-electron chi connectivity index (χ0n) is 12.2. The number of carbonyl (C=O) groups is 1. The van der Waals surface area contributed by atoms with Gasteiger partial charge in [0.15, 0.2) is 0 Å². The van der Waals surface area contributed by atoms with E-state index in [9.17, 15) is 18.0 Å². The number of halogens is 3. The third-order valence-electron chi connectivity index (χ3n) is 5.58. The van der Waals surface area contributed by atoms with Crippen LogP contribution >= 0.6 is 0 Å². The molecular weight excluding hydrogens is 293 g/mol. The van der Waals surface area contributed by atoms with Crippen molar-refractivity contribution in [2.45, 2.75) is 49.6 Å². The Morgan fingerprint density at radius 3 is 2.09 bits per heavy atom. The Labute approximate surface area is 126 Å². The number of hydrogen-bond donors (Lipinski definition) is 0. The summed E-state index contributed by atoms with van der Waals surface area (Å²) in [6, 6.07) is 5.84. The van der Waals surface area contributed by atoms with Crippen molar-refractivity contribution in [3.05, 3.63) is 35.4 Å². The summed E-state index contributed by atoms with van der Waals surface area (Å²) in [5.41, 5.74) is -0.362. The minimum atomic E-state index is -4.36. The molecule has 4 fully saturated rings. The van der Waals surface area contributed by atoms with Crippen LogP contribution in [-0.2, 0) is 6.18 Å². The SMILES string of the molecule is CN1C2CCC1C1CC2N1C(=O)c1ccc(C(F)(F)F)cc1. The molecule has 4 bridgehead atoms. The average molecular weight is 310 g/mol. The number of likely N-dealkylation sites (N-methyl/N-ethyl adjacent to an activating group) is 1. The van der Waals surface area contributed by atoms with Gasteiger partial charge in [0.05, 0.1) is 5.56 Å². The molecule has 1 aromatic carbocycles. The minimum absolute atomic E-state index is 0.125. The molecule has 1 amide bonds. The summed E-state index contributed by atoms with van der Waals surface area (Å²) in [4.78, 5) is 16.9. The molecule has 118 valence electrons. The smallest absolute Gasteiger partial charge is 0.329 e. The molecular formula is C16H17F3N2O. The first-order valence-corrected chi connectivity index (χ1v) is 7.60. The highest BCUT2D eigenvalue weighted by molar-refractivity contribution is 5.95. The number of rotatable bonds is 1. The van der Waals surface area contributed by atoms with Crippen LogP contribution in [0.1, 0.15) is 35.2 Å². The maximum absolute atomic E-state index is 12.7. The van der Waals surface area contributed by atoms with Crippen molar-refractivity contribution in [1.82, 2.24) is 9.80 Å². The summed E-state index contributed by atoms with van der Waals surface area (Å²) in [5.74, 6) is -0.125. The monoisotopic (exact) mass is 310 g/mol. The normalized spacial score (nSPS) is 33.7. The quantitative estimate of drug-likeness (QED) is 0.796. The molecule has 3 nitrogen and oxygen atoms in total. The van der Waals surface area contributed by atoms with Gasteiger partial charge in [0.2, 0.25) is 0 Å². The fraction of sp³-hybridized carbons (Fsp3) is 0.562. The van der Waals surface area contributed by atoms with Gasteiger partial charge in [-0.25, -0.2) is 0 Å². The lowest BCUT2D eigenvalue weighted by atomic mass is 9.80. The molecule has 4 atom stereocenters. The molecule has 0 radical (unpaired) electrons. The first-order valence-electron chi connectivity index (χ1n) is 7.60. The predicted octanol–water partition coefficient (Wildman–Crippen LogP) is 2.76. The lowest BCUT2D eigenvalue weighted by Crippen LogP contribution is -2.74. The Morgan fingerprint density at radius 1 is 1.05 bits per heavy atom. The Hall–Kier alpha value is -1.56. The van der Waals surface area contributed by atoms with Crippen molar-refractivity contribution < 1.29 is 18.0 Å². The van der Waals surface area contributed by atoms with Gasteiger partial charge in [0, 0.05) is 29.7 Å². The second-order valence-electron chi connectivity index (χ2n) is 6.54. The third kappa shape index (κ3) is 1.82. The lowest BCUT2D eigenvalue weighted by molar-refractivity contribution is -0.137. The fourth-order valence-corrected chi connectivity index (χ4v) is 4.44. The summed E-state index contributed by atoms with van der Waals surface area (Å²) in [6.45, 7) is 0. The molecule has 6 heteroatoms. The van der Waals surface area contributed by atoms with E-state index in [0.717, 1.165) is 31.4 Å². The predicted molar refractivity (Wildman–Crippen MR) is 74.4 cm³/mol.